The highest BCUT2D eigenvalue weighted by atomic mass is 35.5. The molecule has 526 valence electrons. The number of nitrogens with two attached hydrogens (primary N) is 2. The number of halogens is 1. The minimum atomic E-state index is -0.574. The number of fused-ring (bicyclic) bond motifs is 15. The number of nitrogens with one attached hydrogen (secondary N) is 4. The maximum absolute atomic E-state index is 12.5. The lowest BCUT2D eigenvalue weighted by atomic mass is 9.75. The van der Waals surface area contributed by atoms with E-state index in [0.29, 0.717) is 82.2 Å². The summed E-state index contributed by atoms with van der Waals surface area (Å²) in [6, 6.07) is 42.6. The Bertz CT molecular complexity index is 5760. The smallest absolute Gasteiger partial charge is 0.271 e. The summed E-state index contributed by atoms with van der Waals surface area (Å²) in [7, 11) is 0. The molecule has 6 aromatic heterocycles. The lowest BCUT2D eigenvalue weighted by molar-refractivity contribution is -0.384. The Kier molecular flexibility index (Phi) is 17.4. The number of hydrogen-bond acceptors (Lipinski definition) is 18. The molecule has 19 rings (SSSR count). The van der Waals surface area contributed by atoms with Crippen molar-refractivity contribution < 1.29 is 52.2 Å². The van der Waals surface area contributed by atoms with Gasteiger partial charge in [-0.1, -0.05) is 38.8 Å². The molecular weight excluding hydrogens is 1350 g/mol. The molecule has 9 heterocycles. The molecule has 3 fully saturated rings. The van der Waals surface area contributed by atoms with Gasteiger partial charge in [0, 0.05) is 88.1 Å². The maximum atomic E-state index is 12.5. The normalized spacial score (nSPS) is 15.8. The molecule has 3 aliphatic heterocycles. The second kappa shape index (κ2) is 26.6. The van der Waals surface area contributed by atoms with Gasteiger partial charge in [-0.2, -0.15) is 0 Å². The Morgan fingerprint density at radius 1 is 0.529 bits per heavy atom. The third kappa shape index (κ3) is 12.2. The predicted molar refractivity (Wildman–Crippen MR) is 394 cm³/mol. The Labute approximate surface area is 595 Å². The van der Waals surface area contributed by atoms with Gasteiger partial charge in [0.2, 0.25) is 28.8 Å². The van der Waals surface area contributed by atoms with E-state index in [4.69, 9.17) is 41.4 Å². The van der Waals surface area contributed by atoms with Crippen molar-refractivity contribution in [2.45, 2.75) is 81.8 Å². The lowest BCUT2D eigenvalue weighted by Crippen LogP contribution is -2.55. The van der Waals surface area contributed by atoms with Crippen LogP contribution >= 0.6 is 11.6 Å². The van der Waals surface area contributed by atoms with Gasteiger partial charge >= 0.3 is 0 Å². The van der Waals surface area contributed by atoms with E-state index in [2.05, 4.69) is 75.2 Å². The van der Waals surface area contributed by atoms with Crippen molar-refractivity contribution in [3.63, 3.8) is 0 Å². The number of nitro benzene ring substituents is 2. The van der Waals surface area contributed by atoms with Crippen molar-refractivity contribution in [3.8, 4) is 40.1 Å². The Hall–Kier alpha value is -12.9. The van der Waals surface area contributed by atoms with Crippen molar-refractivity contribution in [1.82, 2.24) is 44.6 Å². The number of carbonyl (C=O) groups is 5. The van der Waals surface area contributed by atoms with Crippen LogP contribution in [0, 0.1) is 20.2 Å². The molecule has 0 atom stereocenters. The predicted octanol–water partition coefficient (Wildman–Crippen LogP) is 14.3. The van der Waals surface area contributed by atoms with Gasteiger partial charge in [0.25, 0.3) is 29.1 Å². The minimum absolute atomic E-state index is 0. The molecule has 9 N–H and O–H groups in total. The number of nitrogen functional groups attached to an aromatic ring is 2. The number of anilines is 3. The van der Waals surface area contributed by atoms with Crippen LogP contribution in [0.15, 0.2) is 184 Å². The first-order chi connectivity index (χ1) is 49.6. The van der Waals surface area contributed by atoms with Crippen LogP contribution in [0.5, 0.6) is 5.75 Å². The fourth-order valence-corrected chi connectivity index (χ4v) is 14.4. The fraction of sp³-hybridized carbons (Fsp3) is 0.211. The number of phenolic OH excluding ortho intramolecular Hbond substituents is 1. The number of aromatic hydroxyl groups is 1. The number of non-ortho nitro benzene ring substituents is 2. The van der Waals surface area contributed by atoms with Crippen LogP contribution in [-0.2, 0) is 26.2 Å². The molecule has 27 nitrogen and oxygen atoms in total. The van der Waals surface area contributed by atoms with Crippen molar-refractivity contribution in [2.75, 3.05) is 36.4 Å². The van der Waals surface area contributed by atoms with Crippen LogP contribution in [0.4, 0.5) is 28.4 Å². The van der Waals surface area contributed by atoms with Crippen molar-refractivity contribution >= 4 is 135 Å². The number of carbonyl (C=O) groups excluding carboxylic acids is 5. The van der Waals surface area contributed by atoms with Gasteiger partial charge in [0.15, 0.2) is 16.7 Å². The summed E-state index contributed by atoms with van der Waals surface area (Å²) in [5.74, 6) is 0.985. The quantitative estimate of drug-likeness (QED) is 0.0185. The molecule has 28 heteroatoms. The fourth-order valence-electron chi connectivity index (χ4n) is 14.4. The Morgan fingerprint density at radius 3 is 1.28 bits per heavy atom. The zero-order chi connectivity index (χ0) is 71.8. The van der Waals surface area contributed by atoms with Gasteiger partial charge in [-0.25, -0.2) is 15.0 Å². The molecule has 3 spiro atoms. The second-order valence-corrected chi connectivity index (χ2v) is 26.6. The van der Waals surface area contributed by atoms with Gasteiger partial charge in [-0.3, -0.25) is 44.2 Å². The molecule has 3 saturated carbocycles. The first-order valence-corrected chi connectivity index (χ1v) is 33.4. The summed E-state index contributed by atoms with van der Waals surface area (Å²) in [6.07, 6.45) is 12.2. The number of amides is 4. The standard InChI is InChI=1S/C24H20N4O3.C21H16N4O4.C21H18N4O2.C6H6N2O3.C3H3ClO.CH4/c1-2-21(29)26-16-6-7-20-17(12-16)27-23(31-20)15-5-4-14-10-19-22(30)25-13-24(8-3-9-24)28(19)18(14)11-15;26-19-17-8-12-2-3-13(9-16(12)24(17)21(11-22-19)6-1-7-21)20-23-15-10-14(25(27)28)4-5-18(15)29-20;22-14-4-5-18-15(10-14)24-20(27-18)13-3-2-12-8-17-19(26)23-11-21(6-1-7-21)25(17)16(12)9-13;7-5-3-4(8(10)11)1-2-6(5)9;1-2-3(4)5;/h2,4-7,10-12H,1,3,8-9,13H2,(H,25,30)(H,26,29);2-5,8-10H,1,6-7,11H2,(H,22,26);2-5,8-10H,1,6-7,11,22H2,(H,23,26);1-3,9H,7H2;2H,1H2;1H4. The third-order valence-corrected chi connectivity index (χ3v) is 20.2. The first kappa shape index (κ1) is 68.2. The van der Waals surface area contributed by atoms with Crippen LogP contribution in [0.1, 0.15) is 96.7 Å². The lowest BCUT2D eigenvalue weighted by Gasteiger charge is -2.47. The van der Waals surface area contributed by atoms with E-state index >= 15 is 0 Å². The number of nitrogens with zero attached hydrogens (tertiary/aromatic N) is 8. The highest BCUT2D eigenvalue weighted by molar-refractivity contribution is 6.66. The summed E-state index contributed by atoms with van der Waals surface area (Å²) in [4.78, 5) is 92.1. The van der Waals surface area contributed by atoms with Gasteiger partial charge in [0.05, 0.1) is 48.7 Å². The molecule has 3 aliphatic carbocycles. The Balaban J connectivity index is 0.000000119. The van der Waals surface area contributed by atoms with Crippen molar-refractivity contribution in [3.05, 3.63) is 208 Å². The molecule has 0 bridgehead atoms. The van der Waals surface area contributed by atoms with E-state index in [1.54, 1.807) is 24.3 Å². The summed E-state index contributed by atoms with van der Waals surface area (Å²) in [5.41, 5.74) is 23.6. The van der Waals surface area contributed by atoms with E-state index in [-0.39, 0.29) is 70.5 Å². The number of benzene rings is 7. The molecule has 0 radical (unpaired) electrons. The number of nitro groups is 2. The van der Waals surface area contributed by atoms with E-state index in [0.717, 1.165) is 123 Å². The molecule has 0 unspecified atom stereocenters. The summed E-state index contributed by atoms with van der Waals surface area (Å²) in [6.45, 7) is 8.58. The second-order valence-electron chi connectivity index (χ2n) is 26.3. The molecule has 13 aromatic rings. The summed E-state index contributed by atoms with van der Waals surface area (Å²) in [5, 5.41) is 44.5. The number of hydrogen-bond donors (Lipinski definition) is 7. The monoisotopic (exact) mass is 1420 g/mol. The molecule has 0 saturated heterocycles. The average molecular weight is 1420 g/mol. The Morgan fingerprint density at radius 2 is 0.904 bits per heavy atom. The number of oxazole rings is 3. The van der Waals surface area contributed by atoms with Crippen LogP contribution < -0.4 is 32.7 Å². The first-order valence-electron chi connectivity index (χ1n) is 33.1. The number of phenols is 1. The summed E-state index contributed by atoms with van der Waals surface area (Å²) >= 11 is 4.71. The van der Waals surface area contributed by atoms with E-state index in [1.165, 1.54) is 43.2 Å². The highest BCUT2D eigenvalue weighted by Gasteiger charge is 2.47. The van der Waals surface area contributed by atoms with E-state index in [1.807, 2.05) is 78.9 Å². The van der Waals surface area contributed by atoms with E-state index < -0.39 is 15.1 Å². The highest BCUT2D eigenvalue weighted by Crippen LogP contribution is 2.48. The largest absolute Gasteiger partial charge is 0.506 e. The van der Waals surface area contributed by atoms with Gasteiger partial charge in [-0.15, -0.1) is 0 Å². The minimum Gasteiger partial charge on any atom is -0.506 e. The van der Waals surface area contributed by atoms with Crippen LogP contribution in [0.3, 0.4) is 0 Å². The molecule has 4 amide bonds. The number of allylic oxidation sites excluding steroid dienone is 1. The number of rotatable bonds is 8. The van der Waals surface area contributed by atoms with Crippen molar-refractivity contribution in [2.24, 2.45) is 0 Å². The number of aromatic nitrogens is 6. The SMILES string of the molecule is C.C=CC(=O)Cl.C=CC(=O)Nc1ccc2oc(-c3ccc4cc5n(c4c3)C3(CCC3)CNC5=O)nc2c1.Nc1cc([N+](=O)[O-])ccc1O.Nc1ccc2oc(-c3ccc4cc5n(c4c3)C3(CCC3)CNC5=O)nc2c1.O=C1NCC2(CCC2)n2c1cc1ccc(-c3nc4cc([N+](=O)[O-])ccc4o3)cc12. The van der Waals surface area contributed by atoms with Crippen LogP contribution in [0.25, 0.3) is 100 Å². The third-order valence-electron chi connectivity index (χ3n) is 20.1. The maximum Gasteiger partial charge on any atom is 0.271 e. The van der Waals surface area contributed by atoms with Gasteiger partial charge < -0.3 is 64.8 Å². The molecule has 7 aromatic carbocycles. The van der Waals surface area contributed by atoms with Gasteiger partial charge in [0.1, 0.15) is 39.4 Å². The average Bonchev–Trinajstić information content (AvgIpc) is 1.54. The molecular formula is C76H67ClN14O13. The molecule has 104 heavy (non-hydrogen) atoms. The summed E-state index contributed by atoms with van der Waals surface area (Å²) < 4.78 is 24.4. The van der Waals surface area contributed by atoms with E-state index in [9.17, 15) is 44.2 Å². The topological polar surface area (TPSA) is 385 Å². The zero-order valence-electron chi connectivity index (χ0n) is 54.9. The van der Waals surface area contributed by atoms with Gasteiger partial charge in [-0.05, 0) is 185 Å². The zero-order valence-corrected chi connectivity index (χ0v) is 55.6. The molecule has 6 aliphatic rings. The van der Waals surface area contributed by atoms with Crippen LogP contribution in [-0.4, -0.2) is 92.1 Å². The van der Waals surface area contributed by atoms with Crippen molar-refractivity contribution in [1.29, 1.82) is 0 Å². The van der Waals surface area contributed by atoms with Crippen LogP contribution in [0.2, 0.25) is 0 Å².